The lowest BCUT2D eigenvalue weighted by Crippen LogP contribution is -1.88. The van der Waals surface area contributed by atoms with Gasteiger partial charge in [-0.2, -0.15) is 10.2 Å². The van der Waals surface area contributed by atoms with E-state index in [0.29, 0.717) is 22.6 Å². The van der Waals surface area contributed by atoms with Crippen molar-refractivity contribution in [3.63, 3.8) is 0 Å². The van der Waals surface area contributed by atoms with Gasteiger partial charge in [-0.15, -0.1) is 0 Å². The van der Waals surface area contributed by atoms with E-state index >= 15 is 0 Å². The van der Waals surface area contributed by atoms with Gasteiger partial charge in [0.1, 0.15) is 23.0 Å². The molecule has 0 aromatic heterocycles. The Kier molecular flexibility index (Phi) is 4.98. The standard InChI is InChI=1S/C16H16N2O4/c1-21-13-3-5-15(19)11(7-13)9-17-18-10-12-8-14(22-2)4-6-16(12)20/h3-10,19-20H,1-2H3/b17-9-,18-10+. The summed E-state index contributed by atoms with van der Waals surface area (Å²) >= 11 is 0. The Balaban J connectivity index is 2.15. The maximum absolute atomic E-state index is 9.70. The predicted octanol–water partition coefficient (Wildman–Crippen LogP) is 2.57. The zero-order chi connectivity index (χ0) is 15.9. The van der Waals surface area contributed by atoms with Gasteiger partial charge in [-0.05, 0) is 36.4 Å². The first-order valence-corrected chi connectivity index (χ1v) is 6.44. The van der Waals surface area contributed by atoms with Gasteiger partial charge in [0, 0.05) is 11.1 Å². The molecule has 22 heavy (non-hydrogen) atoms. The highest BCUT2D eigenvalue weighted by Crippen LogP contribution is 2.22. The highest BCUT2D eigenvalue weighted by atomic mass is 16.5. The Morgan fingerprint density at radius 2 is 1.18 bits per heavy atom. The third kappa shape index (κ3) is 3.76. The van der Waals surface area contributed by atoms with E-state index in [2.05, 4.69) is 10.2 Å². The van der Waals surface area contributed by atoms with Crippen LogP contribution in [0.3, 0.4) is 0 Å². The summed E-state index contributed by atoms with van der Waals surface area (Å²) in [6.45, 7) is 0. The minimum Gasteiger partial charge on any atom is -0.507 e. The number of methoxy groups -OCH3 is 2. The molecule has 0 aliphatic rings. The number of aromatic hydroxyl groups is 2. The third-order valence-corrected chi connectivity index (χ3v) is 2.93. The van der Waals surface area contributed by atoms with Gasteiger partial charge in [0.05, 0.1) is 26.6 Å². The number of hydrogen-bond donors (Lipinski definition) is 2. The van der Waals surface area contributed by atoms with Crippen LogP contribution in [0.2, 0.25) is 0 Å². The molecule has 0 saturated carbocycles. The van der Waals surface area contributed by atoms with Gasteiger partial charge in [0.15, 0.2) is 0 Å². The summed E-state index contributed by atoms with van der Waals surface area (Å²) in [4.78, 5) is 0. The van der Waals surface area contributed by atoms with Gasteiger partial charge in [-0.1, -0.05) is 0 Å². The van der Waals surface area contributed by atoms with E-state index in [1.165, 1.54) is 38.8 Å². The second kappa shape index (κ2) is 7.12. The SMILES string of the molecule is COc1ccc(O)c(/C=N\N=C\c2cc(OC)ccc2O)c1. The summed E-state index contributed by atoms with van der Waals surface area (Å²) in [5.41, 5.74) is 0.956. The van der Waals surface area contributed by atoms with Crippen molar-refractivity contribution in [3.8, 4) is 23.0 Å². The molecule has 0 spiro atoms. The fourth-order valence-electron chi connectivity index (χ4n) is 1.72. The van der Waals surface area contributed by atoms with Crippen molar-refractivity contribution >= 4 is 12.4 Å². The summed E-state index contributed by atoms with van der Waals surface area (Å²) in [7, 11) is 3.08. The van der Waals surface area contributed by atoms with Gasteiger partial charge in [-0.3, -0.25) is 0 Å². The van der Waals surface area contributed by atoms with Crippen LogP contribution < -0.4 is 9.47 Å². The molecule has 114 valence electrons. The molecule has 0 bridgehead atoms. The van der Waals surface area contributed by atoms with Crippen LogP contribution in [0.1, 0.15) is 11.1 Å². The molecular weight excluding hydrogens is 284 g/mol. The zero-order valence-electron chi connectivity index (χ0n) is 12.2. The van der Waals surface area contributed by atoms with Crippen LogP contribution >= 0.6 is 0 Å². The van der Waals surface area contributed by atoms with E-state index in [4.69, 9.17) is 9.47 Å². The average Bonchev–Trinajstić information content (AvgIpc) is 2.54. The maximum Gasteiger partial charge on any atom is 0.124 e. The highest BCUT2D eigenvalue weighted by molar-refractivity contribution is 5.86. The van der Waals surface area contributed by atoms with Crippen LogP contribution in [0, 0.1) is 0 Å². The molecule has 2 N–H and O–H groups in total. The van der Waals surface area contributed by atoms with Crippen molar-refractivity contribution < 1.29 is 19.7 Å². The number of phenols is 2. The summed E-state index contributed by atoms with van der Waals surface area (Å²) < 4.78 is 10.1. The topological polar surface area (TPSA) is 83.6 Å². The van der Waals surface area contributed by atoms with Gasteiger partial charge in [0.25, 0.3) is 0 Å². The number of phenolic OH excluding ortho intramolecular Hbond substituents is 2. The molecule has 0 amide bonds. The quantitative estimate of drug-likeness (QED) is 0.656. The molecule has 2 aromatic rings. The molecule has 0 aliphatic carbocycles. The summed E-state index contributed by atoms with van der Waals surface area (Å²) in [6.07, 6.45) is 2.79. The van der Waals surface area contributed by atoms with E-state index in [0.717, 1.165) is 0 Å². The monoisotopic (exact) mass is 300 g/mol. The Bertz CT molecular complexity index is 650. The van der Waals surface area contributed by atoms with Crippen LogP contribution in [0.5, 0.6) is 23.0 Å². The Morgan fingerprint density at radius 3 is 1.55 bits per heavy atom. The Morgan fingerprint density at radius 1 is 0.773 bits per heavy atom. The highest BCUT2D eigenvalue weighted by Gasteiger charge is 2.01. The van der Waals surface area contributed by atoms with Gasteiger partial charge >= 0.3 is 0 Å². The lowest BCUT2D eigenvalue weighted by atomic mass is 10.2. The lowest BCUT2D eigenvalue weighted by molar-refractivity contribution is 0.412. The van der Waals surface area contributed by atoms with E-state index in [1.54, 1.807) is 24.3 Å². The van der Waals surface area contributed by atoms with Crippen molar-refractivity contribution in [2.45, 2.75) is 0 Å². The van der Waals surface area contributed by atoms with Crippen LogP contribution in [-0.4, -0.2) is 36.9 Å². The minimum absolute atomic E-state index is 0.0731. The first-order valence-electron chi connectivity index (χ1n) is 6.44. The first kappa shape index (κ1) is 15.4. The molecule has 0 fully saturated rings. The summed E-state index contributed by atoms with van der Waals surface area (Å²) in [5, 5.41) is 27.1. The normalized spacial score (nSPS) is 11.2. The molecule has 0 aliphatic heterocycles. The molecule has 0 unspecified atom stereocenters. The fourth-order valence-corrected chi connectivity index (χ4v) is 1.72. The van der Waals surface area contributed by atoms with Crippen LogP contribution in [0.4, 0.5) is 0 Å². The smallest absolute Gasteiger partial charge is 0.124 e. The van der Waals surface area contributed by atoms with E-state index in [9.17, 15) is 10.2 Å². The predicted molar refractivity (Wildman–Crippen MR) is 84.5 cm³/mol. The average molecular weight is 300 g/mol. The van der Waals surface area contributed by atoms with Crippen LogP contribution in [0.15, 0.2) is 46.6 Å². The van der Waals surface area contributed by atoms with Gasteiger partial charge in [0.2, 0.25) is 0 Å². The molecule has 0 atom stereocenters. The van der Waals surface area contributed by atoms with Crippen molar-refractivity contribution in [3.05, 3.63) is 47.5 Å². The largest absolute Gasteiger partial charge is 0.507 e. The second-order valence-electron chi connectivity index (χ2n) is 4.34. The fraction of sp³-hybridized carbons (Fsp3) is 0.125. The number of nitrogens with zero attached hydrogens (tertiary/aromatic N) is 2. The van der Waals surface area contributed by atoms with Crippen LogP contribution in [0.25, 0.3) is 0 Å². The molecule has 0 radical (unpaired) electrons. The van der Waals surface area contributed by atoms with Crippen molar-refractivity contribution in [2.24, 2.45) is 10.2 Å². The van der Waals surface area contributed by atoms with E-state index in [-0.39, 0.29) is 11.5 Å². The minimum atomic E-state index is 0.0731. The number of benzene rings is 2. The molecule has 6 heteroatoms. The molecule has 0 heterocycles. The van der Waals surface area contributed by atoms with E-state index < -0.39 is 0 Å². The number of rotatable bonds is 5. The number of hydrogen-bond acceptors (Lipinski definition) is 6. The van der Waals surface area contributed by atoms with Crippen molar-refractivity contribution in [1.29, 1.82) is 0 Å². The Hall–Kier alpha value is -3.02. The molecule has 6 nitrogen and oxygen atoms in total. The molecular formula is C16H16N2O4. The maximum atomic E-state index is 9.70. The molecule has 2 rings (SSSR count). The van der Waals surface area contributed by atoms with Gasteiger partial charge in [-0.25, -0.2) is 0 Å². The number of ether oxygens (including phenoxy) is 2. The zero-order valence-corrected chi connectivity index (χ0v) is 12.2. The summed E-state index contributed by atoms with van der Waals surface area (Å²) in [6, 6.07) is 9.58. The van der Waals surface area contributed by atoms with Crippen LogP contribution in [-0.2, 0) is 0 Å². The van der Waals surface area contributed by atoms with Crippen molar-refractivity contribution in [2.75, 3.05) is 14.2 Å². The Labute approximate surface area is 128 Å². The lowest BCUT2D eigenvalue weighted by Gasteiger charge is -2.02. The first-order chi connectivity index (χ1) is 10.6. The van der Waals surface area contributed by atoms with Gasteiger partial charge < -0.3 is 19.7 Å². The van der Waals surface area contributed by atoms with E-state index in [1.807, 2.05) is 0 Å². The molecule has 0 saturated heterocycles. The summed E-state index contributed by atoms with van der Waals surface area (Å²) in [5.74, 6) is 1.36. The second-order valence-corrected chi connectivity index (χ2v) is 4.34. The van der Waals surface area contributed by atoms with Crippen molar-refractivity contribution in [1.82, 2.24) is 0 Å². The third-order valence-electron chi connectivity index (χ3n) is 2.93. The molecule has 2 aromatic carbocycles.